The number of ether oxygens (including phenoxy) is 2. The molecular weight excluding hydrogens is 349 g/mol. The van der Waals surface area contributed by atoms with E-state index in [1.165, 1.54) is 0 Å². The van der Waals surface area contributed by atoms with Gasteiger partial charge in [0.05, 0.1) is 5.02 Å². The predicted octanol–water partition coefficient (Wildman–Crippen LogP) is 5.24. The number of rotatable bonds is 7. The second-order valence-corrected chi connectivity index (χ2v) is 6.03. The second-order valence-electron chi connectivity index (χ2n) is 5.19. The summed E-state index contributed by atoms with van der Waals surface area (Å²) in [6, 6.07) is 8.67. The number of esters is 1. The summed E-state index contributed by atoms with van der Waals surface area (Å²) in [5, 5.41) is 0.939. The van der Waals surface area contributed by atoms with Crippen molar-refractivity contribution in [2.45, 2.75) is 38.9 Å². The third-order valence-electron chi connectivity index (χ3n) is 3.47. The molecule has 24 heavy (non-hydrogen) atoms. The standard InChI is InChI=1S/C18H19Cl2NO3/c1-3-15(23-16-8-7-13(19)10-14(16)20)18(24-17(22)4-2)12-6-5-9-21-11-12/h5-11,15,18H,3-4H2,1-2H3. The van der Waals surface area contributed by atoms with Crippen molar-refractivity contribution in [3.8, 4) is 5.75 Å². The molecule has 0 saturated heterocycles. The summed E-state index contributed by atoms with van der Waals surface area (Å²) in [6.07, 6.45) is 3.28. The number of hydrogen-bond donors (Lipinski definition) is 0. The van der Waals surface area contributed by atoms with E-state index in [4.69, 9.17) is 32.7 Å². The van der Waals surface area contributed by atoms with Gasteiger partial charge in [0.15, 0.2) is 6.10 Å². The minimum Gasteiger partial charge on any atom is -0.485 e. The van der Waals surface area contributed by atoms with E-state index in [0.717, 1.165) is 5.56 Å². The van der Waals surface area contributed by atoms with Gasteiger partial charge in [0.1, 0.15) is 11.9 Å². The molecule has 1 aromatic heterocycles. The molecule has 0 amide bonds. The molecule has 0 radical (unpaired) electrons. The lowest BCUT2D eigenvalue weighted by atomic mass is 10.0. The normalized spacial score (nSPS) is 13.2. The van der Waals surface area contributed by atoms with E-state index in [9.17, 15) is 4.79 Å². The maximum Gasteiger partial charge on any atom is 0.306 e. The summed E-state index contributed by atoms with van der Waals surface area (Å²) in [5.74, 6) is 0.197. The first-order chi connectivity index (χ1) is 11.5. The van der Waals surface area contributed by atoms with Gasteiger partial charge >= 0.3 is 5.97 Å². The molecule has 0 aliphatic rings. The van der Waals surface area contributed by atoms with Crippen LogP contribution in [0.15, 0.2) is 42.7 Å². The Hall–Kier alpha value is -1.78. The molecular formula is C18H19Cl2NO3. The maximum atomic E-state index is 11.8. The topological polar surface area (TPSA) is 48.4 Å². The van der Waals surface area contributed by atoms with Crippen molar-refractivity contribution in [1.29, 1.82) is 0 Å². The van der Waals surface area contributed by atoms with Crippen molar-refractivity contribution in [1.82, 2.24) is 4.98 Å². The van der Waals surface area contributed by atoms with Gasteiger partial charge in [0, 0.05) is 29.4 Å². The SMILES string of the molecule is CCC(=O)OC(c1cccnc1)C(CC)Oc1ccc(Cl)cc1Cl. The van der Waals surface area contributed by atoms with Gasteiger partial charge in [0.2, 0.25) is 0 Å². The lowest BCUT2D eigenvalue weighted by Gasteiger charge is -2.27. The second kappa shape index (κ2) is 8.90. The number of hydrogen-bond acceptors (Lipinski definition) is 4. The number of aromatic nitrogens is 1. The molecule has 2 aromatic rings. The van der Waals surface area contributed by atoms with E-state index in [1.807, 2.05) is 13.0 Å². The van der Waals surface area contributed by atoms with Crippen molar-refractivity contribution in [3.63, 3.8) is 0 Å². The zero-order valence-corrected chi connectivity index (χ0v) is 15.1. The Morgan fingerprint density at radius 2 is 2.04 bits per heavy atom. The molecule has 0 bridgehead atoms. The fourth-order valence-corrected chi connectivity index (χ4v) is 2.67. The van der Waals surface area contributed by atoms with Gasteiger partial charge in [-0.1, -0.05) is 43.1 Å². The van der Waals surface area contributed by atoms with Crippen LogP contribution in [0.25, 0.3) is 0 Å². The van der Waals surface area contributed by atoms with Crippen LogP contribution in [0.4, 0.5) is 0 Å². The number of benzene rings is 1. The number of carbonyl (C=O) groups excluding carboxylic acids is 1. The molecule has 0 aliphatic heterocycles. The number of nitrogens with zero attached hydrogens (tertiary/aromatic N) is 1. The first kappa shape index (κ1) is 18.6. The highest BCUT2D eigenvalue weighted by Crippen LogP contribution is 2.32. The minimum absolute atomic E-state index is 0.287. The smallest absolute Gasteiger partial charge is 0.306 e. The van der Waals surface area contributed by atoms with Crippen molar-refractivity contribution >= 4 is 29.2 Å². The van der Waals surface area contributed by atoms with Crippen LogP contribution < -0.4 is 4.74 Å². The Bertz CT molecular complexity index is 679. The first-order valence-electron chi connectivity index (χ1n) is 7.76. The van der Waals surface area contributed by atoms with E-state index in [0.29, 0.717) is 22.2 Å². The third kappa shape index (κ3) is 4.86. The quantitative estimate of drug-likeness (QED) is 0.627. The van der Waals surface area contributed by atoms with Crippen molar-refractivity contribution < 1.29 is 14.3 Å². The Balaban J connectivity index is 2.29. The van der Waals surface area contributed by atoms with Crippen LogP contribution in [0.3, 0.4) is 0 Å². The van der Waals surface area contributed by atoms with Gasteiger partial charge in [-0.05, 0) is 30.7 Å². The van der Waals surface area contributed by atoms with E-state index in [1.54, 1.807) is 43.6 Å². The van der Waals surface area contributed by atoms with Gasteiger partial charge in [0.25, 0.3) is 0 Å². The fraction of sp³-hybridized carbons (Fsp3) is 0.333. The van der Waals surface area contributed by atoms with Gasteiger partial charge < -0.3 is 9.47 Å². The summed E-state index contributed by atoms with van der Waals surface area (Å²) in [4.78, 5) is 15.9. The largest absolute Gasteiger partial charge is 0.485 e. The van der Waals surface area contributed by atoms with Gasteiger partial charge in [-0.25, -0.2) is 0 Å². The first-order valence-corrected chi connectivity index (χ1v) is 8.51. The zero-order valence-electron chi connectivity index (χ0n) is 13.5. The third-order valence-corrected chi connectivity index (χ3v) is 4.00. The highest BCUT2D eigenvalue weighted by molar-refractivity contribution is 6.35. The molecule has 128 valence electrons. The summed E-state index contributed by atoms with van der Waals surface area (Å²) in [6.45, 7) is 3.71. The molecule has 0 N–H and O–H groups in total. The average Bonchev–Trinajstić information content (AvgIpc) is 2.60. The number of carbonyl (C=O) groups is 1. The summed E-state index contributed by atoms with van der Waals surface area (Å²) in [5.41, 5.74) is 0.774. The highest BCUT2D eigenvalue weighted by Gasteiger charge is 2.28. The maximum absolute atomic E-state index is 11.8. The summed E-state index contributed by atoms with van der Waals surface area (Å²) >= 11 is 12.1. The van der Waals surface area contributed by atoms with Crippen LogP contribution >= 0.6 is 23.2 Å². The van der Waals surface area contributed by atoms with Crippen LogP contribution in [0.1, 0.15) is 38.4 Å². The Kier molecular flexibility index (Phi) is 6.88. The highest BCUT2D eigenvalue weighted by atomic mass is 35.5. The molecule has 2 atom stereocenters. The molecule has 2 rings (SSSR count). The van der Waals surface area contributed by atoms with Crippen LogP contribution in [0.5, 0.6) is 5.75 Å². The minimum atomic E-state index is -0.567. The van der Waals surface area contributed by atoms with E-state index >= 15 is 0 Å². The molecule has 1 heterocycles. The van der Waals surface area contributed by atoms with Crippen LogP contribution in [0.2, 0.25) is 10.0 Å². The molecule has 0 aliphatic carbocycles. The van der Waals surface area contributed by atoms with E-state index < -0.39 is 12.2 Å². The molecule has 1 aromatic carbocycles. The number of pyridine rings is 1. The van der Waals surface area contributed by atoms with Crippen LogP contribution in [-0.4, -0.2) is 17.1 Å². The Morgan fingerprint density at radius 3 is 2.62 bits per heavy atom. The number of halogens is 2. The van der Waals surface area contributed by atoms with Gasteiger partial charge in [-0.15, -0.1) is 0 Å². The van der Waals surface area contributed by atoms with E-state index in [-0.39, 0.29) is 12.4 Å². The van der Waals surface area contributed by atoms with Gasteiger partial charge in [-0.3, -0.25) is 9.78 Å². The Labute approximate surface area is 151 Å². The van der Waals surface area contributed by atoms with Crippen molar-refractivity contribution in [2.24, 2.45) is 0 Å². The Morgan fingerprint density at radius 1 is 1.25 bits per heavy atom. The molecule has 0 spiro atoms. The molecule has 0 fully saturated rings. The van der Waals surface area contributed by atoms with Crippen LogP contribution in [-0.2, 0) is 9.53 Å². The lowest BCUT2D eigenvalue weighted by Crippen LogP contribution is -2.29. The molecule has 2 unspecified atom stereocenters. The van der Waals surface area contributed by atoms with Gasteiger partial charge in [-0.2, -0.15) is 0 Å². The lowest BCUT2D eigenvalue weighted by molar-refractivity contribution is -0.154. The molecule has 6 heteroatoms. The predicted molar refractivity (Wildman–Crippen MR) is 94.5 cm³/mol. The monoisotopic (exact) mass is 367 g/mol. The van der Waals surface area contributed by atoms with E-state index in [2.05, 4.69) is 4.98 Å². The molecule has 0 saturated carbocycles. The van der Waals surface area contributed by atoms with Crippen molar-refractivity contribution in [3.05, 3.63) is 58.3 Å². The van der Waals surface area contributed by atoms with Crippen LogP contribution in [0, 0.1) is 0 Å². The summed E-state index contributed by atoms with van der Waals surface area (Å²) < 4.78 is 11.6. The molecule has 4 nitrogen and oxygen atoms in total. The zero-order chi connectivity index (χ0) is 17.5. The average molecular weight is 368 g/mol. The van der Waals surface area contributed by atoms with Crippen molar-refractivity contribution in [2.75, 3.05) is 0 Å². The fourth-order valence-electron chi connectivity index (χ4n) is 2.22. The summed E-state index contributed by atoms with van der Waals surface area (Å²) in [7, 11) is 0.